The largest absolute Gasteiger partial charge is 0.378 e. The van der Waals surface area contributed by atoms with Gasteiger partial charge in [0.15, 0.2) is 5.96 Å². The molecule has 0 bridgehead atoms. The van der Waals surface area contributed by atoms with Crippen LogP contribution in [0.25, 0.3) is 0 Å². The van der Waals surface area contributed by atoms with Crippen molar-refractivity contribution in [1.29, 1.82) is 0 Å². The Balaban J connectivity index is 0.00000338. The minimum Gasteiger partial charge on any atom is -0.378 e. The maximum absolute atomic E-state index is 4.79. The van der Waals surface area contributed by atoms with Crippen molar-refractivity contribution in [2.75, 3.05) is 39.1 Å². The van der Waals surface area contributed by atoms with Crippen molar-refractivity contribution < 1.29 is 0 Å². The van der Waals surface area contributed by atoms with Gasteiger partial charge >= 0.3 is 0 Å². The van der Waals surface area contributed by atoms with Crippen molar-refractivity contribution in [2.45, 2.75) is 19.9 Å². The molecule has 2 aromatic rings. The minimum absolute atomic E-state index is 0. The molecule has 0 saturated carbocycles. The van der Waals surface area contributed by atoms with E-state index in [0.717, 1.165) is 32.0 Å². The Morgan fingerprint density at radius 3 is 2.35 bits per heavy atom. The Kier molecular flexibility index (Phi) is 9.54. The number of hydrogen-bond acceptors (Lipinski definition) is 2. The topological polar surface area (TPSA) is 35.8 Å². The number of halogens is 1. The Bertz CT molecular complexity index is 676. The average molecular weight is 469 g/mol. The summed E-state index contributed by atoms with van der Waals surface area (Å²) in [6.07, 6.45) is 3.02. The highest BCUT2D eigenvalue weighted by Gasteiger charge is 2.08. The van der Waals surface area contributed by atoms with E-state index in [4.69, 9.17) is 4.99 Å². The molecule has 0 unspecified atom stereocenters. The summed E-state index contributed by atoms with van der Waals surface area (Å²) in [7, 11) is 8.28. The van der Waals surface area contributed by atoms with E-state index in [1.54, 1.807) is 0 Å². The molecule has 26 heavy (non-hydrogen) atoms. The van der Waals surface area contributed by atoms with Crippen LogP contribution in [0.3, 0.4) is 0 Å². The van der Waals surface area contributed by atoms with Crippen LogP contribution in [-0.4, -0.2) is 49.7 Å². The second-order valence-electron chi connectivity index (χ2n) is 6.51. The molecule has 144 valence electrons. The minimum atomic E-state index is 0. The van der Waals surface area contributed by atoms with E-state index in [1.807, 2.05) is 0 Å². The van der Waals surface area contributed by atoms with Gasteiger partial charge in [-0.25, -0.2) is 0 Å². The molecule has 5 nitrogen and oxygen atoms in total. The lowest BCUT2D eigenvalue weighted by Crippen LogP contribution is -2.39. The number of aryl methyl sites for hydroxylation is 1. The van der Waals surface area contributed by atoms with Gasteiger partial charge < -0.3 is 19.7 Å². The lowest BCUT2D eigenvalue weighted by molar-refractivity contribution is 0.462. The van der Waals surface area contributed by atoms with Crippen molar-refractivity contribution in [3.63, 3.8) is 0 Å². The highest BCUT2D eigenvalue weighted by atomic mass is 127. The Morgan fingerprint density at radius 2 is 1.81 bits per heavy atom. The summed E-state index contributed by atoms with van der Waals surface area (Å²) in [6, 6.07) is 12.9. The number of aromatic nitrogens is 1. The van der Waals surface area contributed by atoms with Gasteiger partial charge in [0.2, 0.25) is 0 Å². The molecular formula is C20H32IN5. The molecule has 0 spiro atoms. The maximum atomic E-state index is 4.79. The molecule has 0 aliphatic rings. The van der Waals surface area contributed by atoms with E-state index in [-0.39, 0.29) is 24.0 Å². The summed E-state index contributed by atoms with van der Waals surface area (Å²) < 4.78 is 2.15. The van der Waals surface area contributed by atoms with Gasteiger partial charge in [-0.1, -0.05) is 12.1 Å². The Morgan fingerprint density at radius 1 is 1.12 bits per heavy atom. The van der Waals surface area contributed by atoms with Gasteiger partial charge in [0.25, 0.3) is 0 Å². The van der Waals surface area contributed by atoms with Crippen LogP contribution in [-0.2, 0) is 20.0 Å². The van der Waals surface area contributed by atoms with Crippen LogP contribution in [0.15, 0.2) is 47.6 Å². The SMILES string of the molecule is CCNC(=NCCc1ccc(N(C)C)cc1)N(C)Cc1cccn1C.I. The van der Waals surface area contributed by atoms with Crippen molar-refractivity contribution in [2.24, 2.45) is 12.0 Å². The first kappa shape index (κ1) is 22.3. The highest BCUT2D eigenvalue weighted by molar-refractivity contribution is 14.0. The fraction of sp³-hybridized carbons (Fsp3) is 0.450. The second-order valence-corrected chi connectivity index (χ2v) is 6.51. The molecule has 0 aliphatic heterocycles. The third kappa shape index (κ3) is 6.55. The van der Waals surface area contributed by atoms with E-state index < -0.39 is 0 Å². The molecule has 0 radical (unpaired) electrons. The number of nitrogens with zero attached hydrogens (tertiary/aromatic N) is 4. The van der Waals surface area contributed by atoms with Gasteiger partial charge in [-0.15, -0.1) is 24.0 Å². The van der Waals surface area contributed by atoms with Crippen LogP contribution < -0.4 is 10.2 Å². The molecule has 2 rings (SSSR count). The van der Waals surface area contributed by atoms with Crippen LogP contribution in [0, 0.1) is 0 Å². The van der Waals surface area contributed by atoms with Gasteiger partial charge in [0.05, 0.1) is 6.54 Å². The van der Waals surface area contributed by atoms with Crippen molar-refractivity contribution in [3.8, 4) is 0 Å². The van der Waals surface area contributed by atoms with Crippen molar-refractivity contribution in [1.82, 2.24) is 14.8 Å². The summed E-state index contributed by atoms with van der Waals surface area (Å²) in [5.74, 6) is 0.952. The summed E-state index contributed by atoms with van der Waals surface area (Å²) in [5, 5.41) is 3.38. The smallest absolute Gasteiger partial charge is 0.194 e. The lowest BCUT2D eigenvalue weighted by Gasteiger charge is -2.22. The third-order valence-corrected chi connectivity index (χ3v) is 4.26. The second kappa shape index (κ2) is 11.1. The predicted octanol–water partition coefficient (Wildman–Crippen LogP) is 3.35. The van der Waals surface area contributed by atoms with Crippen LogP contribution in [0.1, 0.15) is 18.2 Å². The van der Waals surface area contributed by atoms with E-state index >= 15 is 0 Å². The summed E-state index contributed by atoms with van der Waals surface area (Å²) in [6.45, 7) is 4.59. The zero-order chi connectivity index (χ0) is 18.2. The van der Waals surface area contributed by atoms with Crippen LogP contribution >= 0.6 is 24.0 Å². The van der Waals surface area contributed by atoms with E-state index in [2.05, 4.69) is 97.4 Å². The number of nitrogens with one attached hydrogen (secondary N) is 1. The summed E-state index contributed by atoms with van der Waals surface area (Å²) in [4.78, 5) is 9.08. The van der Waals surface area contributed by atoms with Gasteiger partial charge in [-0.05, 0) is 43.2 Å². The van der Waals surface area contributed by atoms with E-state index in [0.29, 0.717) is 0 Å². The molecule has 1 aromatic carbocycles. The van der Waals surface area contributed by atoms with Gasteiger partial charge in [-0.2, -0.15) is 0 Å². The fourth-order valence-corrected chi connectivity index (χ4v) is 2.70. The summed E-state index contributed by atoms with van der Waals surface area (Å²) >= 11 is 0. The average Bonchev–Trinajstić information content (AvgIpc) is 2.99. The summed E-state index contributed by atoms with van der Waals surface area (Å²) in [5.41, 5.74) is 3.81. The molecule has 1 heterocycles. The third-order valence-electron chi connectivity index (χ3n) is 4.26. The number of benzene rings is 1. The standard InChI is InChI=1S/C20H31N5.HI/c1-6-21-20(25(5)16-19-8-7-15-24(19)4)22-14-13-17-9-11-18(12-10-17)23(2)3;/h7-12,15H,6,13-14,16H2,1-5H3,(H,21,22);1H. The molecule has 0 aliphatic carbocycles. The first-order valence-corrected chi connectivity index (χ1v) is 8.87. The lowest BCUT2D eigenvalue weighted by atomic mass is 10.1. The Hall–Kier alpha value is -1.70. The van der Waals surface area contributed by atoms with Crippen LogP contribution in [0.2, 0.25) is 0 Å². The van der Waals surface area contributed by atoms with Gasteiger partial charge in [-0.3, -0.25) is 4.99 Å². The molecule has 0 atom stereocenters. The molecule has 0 saturated heterocycles. The Labute approximate surface area is 175 Å². The molecule has 6 heteroatoms. The maximum Gasteiger partial charge on any atom is 0.194 e. The van der Waals surface area contributed by atoms with Crippen LogP contribution in [0.5, 0.6) is 0 Å². The molecular weight excluding hydrogens is 437 g/mol. The number of hydrogen-bond donors (Lipinski definition) is 1. The number of aliphatic imine (C=N–C) groups is 1. The highest BCUT2D eigenvalue weighted by Crippen LogP contribution is 2.12. The first-order chi connectivity index (χ1) is 12.0. The number of anilines is 1. The molecule has 0 amide bonds. The molecule has 1 N–H and O–H groups in total. The van der Waals surface area contributed by atoms with Gasteiger partial charge in [0.1, 0.15) is 0 Å². The van der Waals surface area contributed by atoms with Gasteiger partial charge in [0, 0.05) is 58.9 Å². The zero-order valence-electron chi connectivity index (χ0n) is 16.6. The van der Waals surface area contributed by atoms with Crippen molar-refractivity contribution in [3.05, 3.63) is 53.9 Å². The zero-order valence-corrected chi connectivity index (χ0v) is 18.9. The van der Waals surface area contributed by atoms with Crippen LogP contribution in [0.4, 0.5) is 5.69 Å². The molecule has 0 fully saturated rings. The fourth-order valence-electron chi connectivity index (χ4n) is 2.70. The monoisotopic (exact) mass is 469 g/mol. The van der Waals surface area contributed by atoms with Crippen molar-refractivity contribution >= 4 is 35.6 Å². The molecule has 1 aromatic heterocycles. The number of rotatable bonds is 7. The quantitative estimate of drug-likeness (QED) is 0.384. The predicted molar refractivity (Wildman–Crippen MR) is 123 cm³/mol. The van der Waals surface area contributed by atoms with E-state index in [1.165, 1.54) is 16.9 Å². The first-order valence-electron chi connectivity index (χ1n) is 8.87. The normalized spacial score (nSPS) is 11.0. The number of guanidine groups is 1. The van der Waals surface area contributed by atoms with E-state index in [9.17, 15) is 0 Å².